The monoisotopic (exact) mass is 266 g/mol. The molecule has 18 heavy (non-hydrogen) atoms. The summed E-state index contributed by atoms with van der Waals surface area (Å²) in [5.74, 6) is 0. The van der Waals surface area contributed by atoms with Gasteiger partial charge in [-0.1, -0.05) is 49.8 Å². The summed E-state index contributed by atoms with van der Waals surface area (Å²) < 4.78 is 4.65. The predicted molar refractivity (Wildman–Crippen MR) is 75.9 cm³/mol. The molecule has 0 bridgehead atoms. The normalized spacial score (nSPS) is 10.1. The molecule has 0 amide bonds. The van der Waals surface area contributed by atoms with E-state index in [9.17, 15) is 4.79 Å². The van der Waals surface area contributed by atoms with Gasteiger partial charge in [-0.25, -0.2) is 4.79 Å². The molecule has 0 aliphatic rings. The minimum atomic E-state index is -0.711. The highest BCUT2D eigenvalue weighted by atomic mass is 35.5. The highest BCUT2D eigenvalue weighted by molar-refractivity contribution is 6.61. The van der Waals surface area contributed by atoms with Crippen LogP contribution >= 0.6 is 11.6 Å². The number of aryl methyl sites for hydroxylation is 1. The third-order valence-electron chi connectivity index (χ3n) is 2.79. The highest BCUT2D eigenvalue weighted by Crippen LogP contribution is 2.10. The number of benzene rings is 1. The van der Waals surface area contributed by atoms with Crippen LogP contribution in [0.3, 0.4) is 0 Å². The van der Waals surface area contributed by atoms with Crippen LogP contribution in [0, 0.1) is 0 Å². The molecule has 0 aromatic heterocycles. The number of hydrogen-bond donors (Lipinski definition) is 0. The van der Waals surface area contributed by atoms with Gasteiger partial charge in [0.1, 0.15) is 0 Å². The van der Waals surface area contributed by atoms with Crippen molar-refractivity contribution < 1.29 is 9.53 Å². The zero-order valence-electron chi connectivity index (χ0n) is 10.5. The van der Waals surface area contributed by atoms with Crippen molar-refractivity contribution in [1.29, 1.82) is 0 Å². The summed E-state index contributed by atoms with van der Waals surface area (Å²) in [6, 6.07) is 8.46. The fourth-order valence-corrected chi connectivity index (χ4v) is 1.83. The first kappa shape index (κ1) is 14.8. The maximum absolute atomic E-state index is 10.3. The van der Waals surface area contributed by atoms with Gasteiger partial charge in [-0.15, -0.1) is 0 Å². The third kappa shape index (κ3) is 6.45. The van der Waals surface area contributed by atoms with Gasteiger partial charge in [0.2, 0.25) is 0 Å². The van der Waals surface area contributed by atoms with Gasteiger partial charge in [-0.05, 0) is 30.4 Å². The molecule has 1 rings (SSSR count). The quantitative estimate of drug-likeness (QED) is 0.499. The van der Waals surface area contributed by atoms with Crippen molar-refractivity contribution in [2.24, 2.45) is 0 Å². The number of halogens is 1. The molecule has 1 aromatic carbocycles. The van der Waals surface area contributed by atoms with Crippen LogP contribution in [0.25, 0.3) is 6.08 Å². The van der Waals surface area contributed by atoms with Crippen LogP contribution in [0.2, 0.25) is 0 Å². The Labute approximate surface area is 114 Å². The van der Waals surface area contributed by atoms with E-state index in [2.05, 4.69) is 35.6 Å². The molecule has 0 fully saturated rings. The largest absolute Gasteiger partial charge is 0.454 e. The van der Waals surface area contributed by atoms with Crippen molar-refractivity contribution in [3.05, 3.63) is 42.0 Å². The first-order chi connectivity index (χ1) is 8.72. The van der Waals surface area contributed by atoms with Gasteiger partial charge in [0.25, 0.3) is 0 Å². The van der Waals surface area contributed by atoms with Gasteiger partial charge in [0.15, 0.2) is 0 Å². The van der Waals surface area contributed by atoms with E-state index in [1.807, 2.05) is 6.08 Å². The molecule has 0 radical (unpaired) electrons. The van der Waals surface area contributed by atoms with Crippen molar-refractivity contribution >= 4 is 23.1 Å². The second-order valence-electron chi connectivity index (χ2n) is 4.20. The number of ether oxygens (including phenoxy) is 1. The number of hydrogen-bond acceptors (Lipinski definition) is 2. The molecule has 0 unspecified atom stereocenters. The predicted octanol–water partition coefficient (Wildman–Crippen LogP) is 4.81. The summed E-state index contributed by atoms with van der Waals surface area (Å²) >= 11 is 5.05. The van der Waals surface area contributed by atoms with Crippen LogP contribution in [0.15, 0.2) is 30.8 Å². The summed E-state index contributed by atoms with van der Waals surface area (Å²) in [6.07, 6.45) is 7.18. The van der Waals surface area contributed by atoms with E-state index >= 15 is 0 Å². The fourth-order valence-electron chi connectivity index (χ4n) is 1.76. The molecule has 3 heteroatoms. The Morgan fingerprint density at radius 1 is 1.17 bits per heavy atom. The molecular formula is C15H19ClO2. The molecule has 1 aromatic rings. The first-order valence-corrected chi connectivity index (χ1v) is 6.64. The van der Waals surface area contributed by atoms with Gasteiger partial charge < -0.3 is 4.74 Å². The minimum Gasteiger partial charge on any atom is -0.454 e. The van der Waals surface area contributed by atoms with Crippen molar-refractivity contribution in [3.8, 4) is 0 Å². The second kappa shape index (κ2) is 8.76. The Kier molecular flexibility index (Phi) is 7.19. The topological polar surface area (TPSA) is 26.3 Å². The minimum absolute atomic E-state index is 0.427. The molecule has 0 atom stereocenters. The van der Waals surface area contributed by atoms with E-state index in [1.54, 1.807) is 0 Å². The Morgan fingerprint density at radius 2 is 1.83 bits per heavy atom. The standard InChI is InChI=1S/C15H19ClO2/c1-2-13-8-10-14(11-9-13)7-5-3-4-6-12-18-15(16)17/h2,8-11H,1,3-7,12H2. The van der Waals surface area contributed by atoms with Crippen LogP contribution in [-0.4, -0.2) is 12.0 Å². The highest BCUT2D eigenvalue weighted by Gasteiger charge is 1.96. The smallest absolute Gasteiger partial charge is 0.403 e. The van der Waals surface area contributed by atoms with Gasteiger partial charge in [0.05, 0.1) is 6.61 Å². The lowest BCUT2D eigenvalue weighted by Gasteiger charge is -2.03. The maximum atomic E-state index is 10.3. The van der Waals surface area contributed by atoms with E-state index in [1.165, 1.54) is 5.56 Å². The molecule has 0 aliphatic heterocycles. The van der Waals surface area contributed by atoms with Crippen LogP contribution in [0.5, 0.6) is 0 Å². The van der Waals surface area contributed by atoms with E-state index in [0.717, 1.165) is 37.7 Å². The fraction of sp³-hybridized carbons (Fsp3) is 0.400. The van der Waals surface area contributed by atoms with Crippen LogP contribution in [0.4, 0.5) is 4.79 Å². The SMILES string of the molecule is C=Cc1ccc(CCCCCCOC(=O)Cl)cc1. The van der Waals surface area contributed by atoms with E-state index < -0.39 is 5.43 Å². The second-order valence-corrected chi connectivity index (χ2v) is 4.50. The van der Waals surface area contributed by atoms with E-state index in [-0.39, 0.29) is 0 Å². The molecule has 0 saturated heterocycles. The Balaban J connectivity index is 2.06. The summed E-state index contributed by atoms with van der Waals surface area (Å²) in [4.78, 5) is 10.3. The Bertz CT molecular complexity index is 371. The van der Waals surface area contributed by atoms with E-state index in [4.69, 9.17) is 11.6 Å². The zero-order valence-corrected chi connectivity index (χ0v) is 11.3. The van der Waals surface area contributed by atoms with Crippen LogP contribution in [-0.2, 0) is 11.2 Å². The summed E-state index contributed by atoms with van der Waals surface area (Å²) in [6.45, 7) is 4.16. The van der Waals surface area contributed by atoms with Crippen molar-refractivity contribution in [2.45, 2.75) is 32.1 Å². The lowest BCUT2D eigenvalue weighted by atomic mass is 10.0. The summed E-state index contributed by atoms with van der Waals surface area (Å²) in [7, 11) is 0. The molecule has 0 saturated carbocycles. The van der Waals surface area contributed by atoms with Gasteiger partial charge in [-0.2, -0.15) is 0 Å². The maximum Gasteiger partial charge on any atom is 0.403 e. The van der Waals surface area contributed by atoms with Gasteiger partial charge in [-0.3, -0.25) is 0 Å². The Morgan fingerprint density at radius 3 is 2.44 bits per heavy atom. The van der Waals surface area contributed by atoms with Crippen molar-refractivity contribution in [2.75, 3.05) is 6.61 Å². The van der Waals surface area contributed by atoms with Crippen molar-refractivity contribution in [1.82, 2.24) is 0 Å². The number of unbranched alkanes of at least 4 members (excludes halogenated alkanes) is 3. The molecule has 0 heterocycles. The molecule has 0 spiro atoms. The number of carbonyl (C=O) groups is 1. The average Bonchev–Trinajstić information content (AvgIpc) is 2.38. The number of rotatable bonds is 8. The Hall–Kier alpha value is -1.28. The number of carbonyl (C=O) groups excluding carboxylic acids is 1. The lowest BCUT2D eigenvalue weighted by molar-refractivity contribution is 0.171. The molecule has 0 N–H and O–H groups in total. The lowest BCUT2D eigenvalue weighted by Crippen LogP contribution is -1.96. The van der Waals surface area contributed by atoms with Crippen molar-refractivity contribution in [3.63, 3.8) is 0 Å². The average molecular weight is 267 g/mol. The summed E-state index contributed by atoms with van der Waals surface area (Å²) in [5.41, 5.74) is 1.80. The molecule has 2 nitrogen and oxygen atoms in total. The molecule has 98 valence electrons. The third-order valence-corrected chi connectivity index (χ3v) is 2.90. The van der Waals surface area contributed by atoms with Crippen LogP contribution in [0.1, 0.15) is 36.8 Å². The van der Waals surface area contributed by atoms with Crippen LogP contribution < -0.4 is 0 Å². The van der Waals surface area contributed by atoms with E-state index in [0.29, 0.717) is 6.61 Å². The first-order valence-electron chi connectivity index (χ1n) is 6.26. The van der Waals surface area contributed by atoms with Gasteiger partial charge >= 0.3 is 5.43 Å². The molecule has 0 aliphatic carbocycles. The summed E-state index contributed by atoms with van der Waals surface area (Å²) in [5, 5.41) is 0. The zero-order chi connectivity index (χ0) is 13.2. The molecular weight excluding hydrogens is 248 g/mol. The van der Waals surface area contributed by atoms with Gasteiger partial charge in [0, 0.05) is 11.6 Å².